The van der Waals surface area contributed by atoms with Gasteiger partial charge in [-0.05, 0) is 31.9 Å². The summed E-state index contributed by atoms with van der Waals surface area (Å²) in [5.41, 5.74) is 2.50. The smallest absolute Gasteiger partial charge is 0.234 e. The Bertz CT molecular complexity index is 623. The van der Waals surface area contributed by atoms with Crippen molar-refractivity contribution in [2.24, 2.45) is 9.39 Å². The van der Waals surface area contributed by atoms with E-state index in [1.807, 2.05) is 19.1 Å². The molecule has 4 nitrogen and oxygen atoms in total. The molecule has 0 atom stereocenters. The summed E-state index contributed by atoms with van der Waals surface area (Å²) in [5, 5.41) is 0.314. The topological polar surface area (TPSA) is 58.9 Å². The molecule has 0 unspecified atom stereocenters. The SMILES string of the molecule is Cc1cc(C)c(S(=O)(=O)N=C2N=CCS2)c(C)c1. The lowest BCUT2D eigenvalue weighted by atomic mass is 10.1. The van der Waals surface area contributed by atoms with Crippen molar-refractivity contribution >= 4 is 33.2 Å². The van der Waals surface area contributed by atoms with Crippen molar-refractivity contribution in [1.29, 1.82) is 0 Å². The summed E-state index contributed by atoms with van der Waals surface area (Å²) in [7, 11) is -3.67. The summed E-state index contributed by atoms with van der Waals surface area (Å²) in [6, 6.07) is 3.70. The van der Waals surface area contributed by atoms with Crippen LogP contribution >= 0.6 is 11.8 Å². The van der Waals surface area contributed by atoms with E-state index in [0.29, 0.717) is 15.8 Å². The molecular formula is C12H14N2O2S2. The Labute approximate surface area is 111 Å². The van der Waals surface area contributed by atoms with Gasteiger partial charge < -0.3 is 0 Å². The molecule has 0 bridgehead atoms. The van der Waals surface area contributed by atoms with Crippen molar-refractivity contribution in [2.45, 2.75) is 25.7 Å². The van der Waals surface area contributed by atoms with Gasteiger partial charge in [-0.3, -0.25) is 0 Å². The number of aryl methyl sites for hydroxylation is 3. The van der Waals surface area contributed by atoms with Crippen LogP contribution in [0.15, 0.2) is 26.4 Å². The Morgan fingerprint density at radius 3 is 2.33 bits per heavy atom. The van der Waals surface area contributed by atoms with Crippen molar-refractivity contribution in [3.63, 3.8) is 0 Å². The number of sulfonamides is 1. The molecule has 0 spiro atoms. The highest BCUT2D eigenvalue weighted by atomic mass is 32.2. The summed E-state index contributed by atoms with van der Waals surface area (Å²) < 4.78 is 28.3. The lowest BCUT2D eigenvalue weighted by Gasteiger charge is -2.09. The van der Waals surface area contributed by atoms with Gasteiger partial charge in [-0.15, -0.1) is 4.40 Å². The molecule has 2 rings (SSSR count). The maximum absolute atomic E-state index is 12.3. The molecule has 0 aliphatic carbocycles. The summed E-state index contributed by atoms with van der Waals surface area (Å²) >= 11 is 1.33. The lowest BCUT2D eigenvalue weighted by molar-refractivity contribution is 0.597. The molecule has 0 N–H and O–H groups in total. The molecule has 1 aromatic carbocycles. The minimum Gasteiger partial charge on any atom is -0.234 e. The Morgan fingerprint density at radius 1 is 1.22 bits per heavy atom. The molecule has 0 saturated carbocycles. The number of nitrogens with zero attached hydrogens (tertiary/aromatic N) is 2. The molecule has 1 aromatic rings. The molecule has 96 valence electrons. The molecule has 1 aliphatic rings. The quantitative estimate of drug-likeness (QED) is 0.837. The molecule has 0 aromatic heterocycles. The van der Waals surface area contributed by atoms with E-state index in [9.17, 15) is 8.42 Å². The maximum Gasteiger partial charge on any atom is 0.285 e. The highest BCUT2D eigenvalue weighted by molar-refractivity contribution is 8.15. The summed E-state index contributed by atoms with van der Waals surface area (Å²) in [4.78, 5) is 4.23. The standard InChI is InChI=1S/C12H14N2O2S2/c1-8-6-9(2)11(10(3)7-8)18(15,16)14-12-13-4-5-17-12/h4,6-7H,5H2,1-3H3. The first-order valence-corrected chi connectivity index (χ1v) is 7.91. The molecule has 0 radical (unpaired) electrons. The molecule has 18 heavy (non-hydrogen) atoms. The number of hydrogen-bond acceptors (Lipinski definition) is 3. The number of rotatable bonds is 2. The van der Waals surface area contributed by atoms with E-state index in [1.54, 1.807) is 20.1 Å². The van der Waals surface area contributed by atoms with E-state index in [0.717, 1.165) is 16.7 Å². The molecule has 0 saturated heterocycles. The van der Waals surface area contributed by atoms with Crippen LogP contribution in [0.4, 0.5) is 0 Å². The maximum atomic E-state index is 12.3. The number of thioether (sulfide) groups is 1. The fourth-order valence-electron chi connectivity index (χ4n) is 2.04. The minimum atomic E-state index is -3.67. The second-order valence-electron chi connectivity index (χ2n) is 4.20. The Morgan fingerprint density at radius 2 is 1.83 bits per heavy atom. The molecule has 6 heteroatoms. The Kier molecular flexibility index (Phi) is 3.59. The largest absolute Gasteiger partial charge is 0.285 e. The lowest BCUT2D eigenvalue weighted by Crippen LogP contribution is -2.05. The van der Waals surface area contributed by atoms with Crippen molar-refractivity contribution in [2.75, 3.05) is 5.75 Å². The van der Waals surface area contributed by atoms with Crippen LogP contribution in [0.25, 0.3) is 0 Å². The molecule has 0 amide bonds. The van der Waals surface area contributed by atoms with Gasteiger partial charge in [-0.25, -0.2) is 4.99 Å². The molecule has 0 fully saturated rings. The van der Waals surface area contributed by atoms with Gasteiger partial charge >= 0.3 is 0 Å². The summed E-state index contributed by atoms with van der Waals surface area (Å²) in [6.07, 6.45) is 1.66. The van der Waals surface area contributed by atoms with Crippen LogP contribution in [-0.4, -0.2) is 25.6 Å². The van der Waals surface area contributed by atoms with Gasteiger partial charge in [0.05, 0.1) is 4.90 Å². The van der Waals surface area contributed by atoms with Gasteiger partial charge in [-0.1, -0.05) is 29.5 Å². The van der Waals surface area contributed by atoms with Gasteiger partial charge in [0.25, 0.3) is 10.0 Å². The van der Waals surface area contributed by atoms with Crippen LogP contribution < -0.4 is 0 Å². The van der Waals surface area contributed by atoms with E-state index in [4.69, 9.17) is 0 Å². The van der Waals surface area contributed by atoms with Crippen LogP contribution in [-0.2, 0) is 10.0 Å². The first-order valence-electron chi connectivity index (χ1n) is 5.48. The molecule has 1 heterocycles. The fraction of sp³-hybridized carbons (Fsp3) is 0.333. The molecule has 1 aliphatic heterocycles. The second kappa shape index (κ2) is 4.85. The Balaban J connectivity index is 2.55. The van der Waals surface area contributed by atoms with Crippen molar-refractivity contribution in [1.82, 2.24) is 0 Å². The average molecular weight is 282 g/mol. The minimum absolute atomic E-state index is 0.295. The second-order valence-corrected chi connectivity index (χ2v) is 6.73. The van der Waals surface area contributed by atoms with E-state index in [-0.39, 0.29) is 0 Å². The van der Waals surface area contributed by atoms with Crippen molar-refractivity contribution in [3.8, 4) is 0 Å². The van der Waals surface area contributed by atoms with Gasteiger partial charge in [0, 0.05) is 12.0 Å². The van der Waals surface area contributed by atoms with E-state index >= 15 is 0 Å². The van der Waals surface area contributed by atoms with E-state index < -0.39 is 10.0 Å². The van der Waals surface area contributed by atoms with E-state index in [1.165, 1.54) is 11.8 Å². The van der Waals surface area contributed by atoms with Crippen LogP contribution in [0.1, 0.15) is 16.7 Å². The van der Waals surface area contributed by atoms with Crippen molar-refractivity contribution in [3.05, 3.63) is 28.8 Å². The first-order chi connectivity index (χ1) is 8.40. The highest BCUT2D eigenvalue weighted by Crippen LogP contribution is 2.25. The molecular weight excluding hydrogens is 268 g/mol. The number of amidine groups is 1. The van der Waals surface area contributed by atoms with Gasteiger partial charge in [-0.2, -0.15) is 8.42 Å². The summed E-state index contributed by atoms with van der Waals surface area (Å²) in [6.45, 7) is 5.52. The monoisotopic (exact) mass is 282 g/mol. The predicted octanol–water partition coefficient (Wildman–Crippen LogP) is 2.47. The zero-order valence-corrected chi connectivity index (χ0v) is 12.1. The van der Waals surface area contributed by atoms with Crippen LogP contribution in [0, 0.1) is 20.8 Å². The number of hydrogen-bond donors (Lipinski definition) is 0. The third-order valence-electron chi connectivity index (χ3n) is 2.55. The zero-order valence-electron chi connectivity index (χ0n) is 10.5. The normalized spacial score (nSPS) is 17.6. The van der Waals surface area contributed by atoms with Crippen LogP contribution in [0.3, 0.4) is 0 Å². The third kappa shape index (κ3) is 2.64. The van der Waals surface area contributed by atoms with E-state index in [2.05, 4.69) is 9.39 Å². The first kappa shape index (κ1) is 13.3. The van der Waals surface area contributed by atoms with Gasteiger partial charge in [0.15, 0.2) is 5.17 Å². The van der Waals surface area contributed by atoms with Crippen LogP contribution in [0.2, 0.25) is 0 Å². The highest BCUT2D eigenvalue weighted by Gasteiger charge is 2.20. The van der Waals surface area contributed by atoms with Gasteiger partial charge in [0.2, 0.25) is 0 Å². The van der Waals surface area contributed by atoms with Crippen LogP contribution in [0.5, 0.6) is 0 Å². The van der Waals surface area contributed by atoms with Gasteiger partial charge in [0.1, 0.15) is 0 Å². The Hall–Kier alpha value is -1.14. The van der Waals surface area contributed by atoms with Crippen molar-refractivity contribution < 1.29 is 8.42 Å². The zero-order chi connectivity index (χ0) is 13.3. The number of aliphatic imine (C=N–C) groups is 1. The predicted molar refractivity (Wildman–Crippen MR) is 76.2 cm³/mol. The number of benzene rings is 1. The third-order valence-corrected chi connectivity index (χ3v) is 5.01. The summed E-state index contributed by atoms with van der Waals surface area (Å²) in [5.74, 6) is 0.681. The average Bonchev–Trinajstić information content (AvgIpc) is 2.66. The fourth-order valence-corrected chi connectivity index (χ4v) is 4.26.